The summed E-state index contributed by atoms with van der Waals surface area (Å²) in [7, 11) is -1.51. The molecule has 0 aromatic carbocycles. The molecule has 0 aliphatic rings. The molecular weight excluding hydrogens is 248 g/mol. The summed E-state index contributed by atoms with van der Waals surface area (Å²) in [5.41, 5.74) is 0.229. The van der Waals surface area contributed by atoms with Gasteiger partial charge in [-0.2, -0.15) is 0 Å². The van der Waals surface area contributed by atoms with Crippen LogP contribution in [0.3, 0.4) is 0 Å². The molecule has 114 valence electrons. The van der Waals surface area contributed by atoms with Crippen LogP contribution in [-0.4, -0.2) is 14.4 Å². The van der Waals surface area contributed by atoms with Gasteiger partial charge in [0.25, 0.3) is 0 Å². The highest BCUT2D eigenvalue weighted by Gasteiger charge is 2.36. The van der Waals surface area contributed by atoms with Crippen molar-refractivity contribution in [2.45, 2.75) is 85.5 Å². The highest BCUT2D eigenvalue weighted by Crippen LogP contribution is 2.34. The van der Waals surface area contributed by atoms with Crippen molar-refractivity contribution in [1.82, 2.24) is 0 Å². The van der Waals surface area contributed by atoms with Crippen molar-refractivity contribution in [3.05, 3.63) is 12.7 Å². The first-order chi connectivity index (χ1) is 8.74. The van der Waals surface area contributed by atoms with E-state index in [1.807, 2.05) is 6.08 Å². The van der Waals surface area contributed by atoms with Crippen molar-refractivity contribution in [2.75, 3.05) is 0 Å². The summed E-state index contributed by atoms with van der Waals surface area (Å²) in [6.07, 6.45) is 4.67. The van der Waals surface area contributed by atoms with Gasteiger partial charge in [-0.3, -0.25) is 0 Å². The Hall–Kier alpha value is -0.0831. The molecule has 0 aliphatic carbocycles. The highest BCUT2D eigenvalue weighted by atomic mass is 28.4. The minimum atomic E-state index is -1.51. The van der Waals surface area contributed by atoms with Crippen molar-refractivity contribution in [2.24, 2.45) is 11.3 Å². The second-order valence-corrected chi connectivity index (χ2v) is 11.8. The van der Waals surface area contributed by atoms with Gasteiger partial charge in [-0.05, 0) is 42.3 Å². The maximum absolute atomic E-state index is 6.77. The van der Waals surface area contributed by atoms with Gasteiger partial charge in [-0.25, -0.2) is 0 Å². The van der Waals surface area contributed by atoms with Gasteiger partial charge in [0, 0.05) is 0 Å². The standard InChI is InChI=1S/C17H36OSi/c1-9-13-15(5)14-16(17(6,7)8)18-19(10-2,11-3)12-4/h9,15-16H,1,10-14H2,2-8H3/t15-,16-/m0/s1. The van der Waals surface area contributed by atoms with Crippen molar-refractivity contribution >= 4 is 8.32 Å². The van der Waals surface area contributed by atoms with E-state index < -0.39 is 8.32 Å². The molecule has 2 atom stereocenters. The first-order valence-corrected chi connectivity index (χ1v) is 10.6. The van der Waals surface area contributed by atoms with Crippen LogP contribution in [0.5, 0.6) is 0 Å². The zero-order valence-corrected chi connectivity index (χ0v) is 15.4. The van der Waals surface area contributed by atoms with Crippen molar-refractivity contribution < 1.29 is 4.43 Å². The van der Waals surface area contributed by atoms with Crippen LogP contribution in [0, 0.1) is 11.3 Å². The van der Waals surface area contributed by atoms with Crippen LogP contribution in [-0.2, 0) is 4.43 Å². The fourth-order valence-corrected chi connectivity index (χ4v) is 5.68. The van der Waals surface area contributed by atoms with E-state index in [1.54, 1.807) is 0 Å². The Morgan fingerprint density at radius 1 is 1.11 bits per heavy atom. The predicted octanol–water partition coefficient (Wildman–Crippen LogP) is 6.03. The predicted molar refractivity (Wildman–Crippen MR) is 90.1 cm³/mol. The molecule has 0 radical (unpaired) electrons. The van der Waals surface area contributed by atoms with Gasteiger partial charge >= 0.3 is 0 Å². The SMILES string of the molecule is C=CC[C@H](C)C[C@H](O[Si](CC)(CC)CC)C(C)(C)C. The van der Waals surface area contributed by atoms with Gasteiger partial charge in [0.2, 0.25) is 0 Å². The second-order valence-electron chi connectivity index (χ2n) is 7.08. The third kappa shape index (κ3) is 6.27. The third-order valence-corrected chi connectivity index (χ3v) is 9.13. The topological polar surface area (TPSA) is 9.23 Å². The van der Waals surface area contributed by atoms with Gasteiger partial charge in [-0.15, -0.1) is 6.58 Å². The monoisotopic (exact) mass is 284 g/mol. The normalized spacial score (nSPS) is 16.2. The molecule has 2 heteroatoms. The number of hydrogen-bond acceptors (Lipinski definition) is 1. The minimum absolute atomic E-state index is 0.229. The summed E-state index contributed by atoms with van der Waals surface area (Å²) in [4.78, 5) is 0. The van der Waals surface area contributed by atoms with E-state index in [0.717, 1.165) is 12.8 Å². The molecule has 0 N–H and O–H groups in total. The summed E-state index contributed by atoms with van der Waals surface area (Å²) < 4.78 is 6.77. The molecule has 0 bridgehead atoms. The number of hydrogen-bond donors (Lipinski definition) is 0. The molecule has 1 nitrogen and oxygen atoms in total. The summed E-state index contributed by atoms with van der Waals surface area (Å²) in [5, 5.41) is 0. The van der Waals surface area contributed by atoms with Crippen LogP contribution in [0.25, 0.3) is 0 Å². The van der Waals surface area contributed by atoms with E-state index in [2.05, 4.69) is 55.0 Å². The van der Waals surface area contributed by atoms with E-state index in [4.69, 9.17) is 4.43 Å². The quantitative estimate of drug-likeness (QED) is 0.371. The molecule has 0 unspecified atom stereocenters. The van der Waals surface area contributed by atoms with E-state index in [0.29, 0.717) is 12.0 Å². The van der Waals surface area contributed by atoms with E-state index in [9.17, 15) is 0 Å². The average Bonchev–Trinajstić information content (AvgIpc) is 2.34. The van der Waals surface area contributed by atoms with E-state index >= 15 is 0 Å². The molecule has 0 fully saturated rings. The van der Waals surface area contributed by atoms with Crippen LogP contribution in [0.2, 0.25) is 18.1 Å². The lowest BCUT2D eigenvalue weighted by atomic mass is 9.83. The molecule has 19 heavy (non-hydrogen) atoms. The molecule has 0 saturated carbocycles. The average molecular weight is 285 g/mol. The maximum Gasteiger partial charge on any atom is 0.192 e. The molecule has 0 spiro atoms. The van der Waals surface area contributed by atoms with Gasteiger partial charge in [0.05, 0.1) is 6.10 Å². The molecule has 0 amide bonds. The lowest BCUT2D eigenvalue weighted by Crippen LogP contribution is -2.45. The molecular formula is C17H36OSi. The molecule has 0 aromatic heterocycles. The van der Waals surface area contributed by atoms with Gasteiger partial charge < -0.3 is 4.43 Å². The second kappa shape index (κ2) is 8.26. The van der Waals surface area contributed by atoms with Crippen LogP contribution in [0.15, 0.2) is 12.7 Å². The minimum Gasteiger partial charge on any atom is -0.413 e. The summed E-state index contributed by atoms with van der Waals surface area (Å²) in [5.74, 6) is 0.666. The van der Waals surface area contributed by atoms with Crippen LogP contribution in [0.4, 0.5) is 0 Å². The van der Waals surface area contributed by atoms with Gasteiger partial charge in [0.15, 0.2) is 8.32 Å². The number of allylic oxidation sites excluding steroid dienone is 1. The lowest BCUT2D eigenvalue weighted by Gasteiger charge is -2.40. The maximum atomic E-state index is 6.77. The largest absolute Gasteiger partial charge is 0.413 e. The fourth-order valence-electron chi connectivity index (χ4n) is 2.63. The van der Waals surface area contributed by atoms with Crippen LogP contribution >= 0.6 is 0 Å². The Kier molecular flexibility index (Phi) is 8.22. The van der Waals surface area contributed by atoms with E-state index in [-0.39, 0.29) is 5.41 Å². The van der Waals surface area contributed by atoms with Crippen molar-refractivity contribution in [3.8, 4) is 0 Å². The molecule has 0 rings (SSSR count). The van der Waals surface area contributed by atoms with Crippen molar-refractivity contribution in [3.63, 3.8) is 0 Å². The Labute approximate surface area is 123 Å². The van der Waals surface area contributed by atoms with Gasteiger partial charge in [-0.1, -0.05) is 54.5 Å². The molecule has 0 saturated heterocycles. The molecule has 0 heterocycles. The lowest BCUT2D eigenvalue weighted by molar-refractivity contribution is 0.0556. The van der Waals surface area contributed by atoms with Crippen LogP contribution in [0.1, 0.15) is 61.3 Å². The summed E-state index contributed by atoms with van der Waals surface area (Å²) in [6, 6.07) is 3.72. The van der Waals surface area contributed by atoms with Gasteiger partial charge in [0.1, 0.15) is 0 Å². The highest BCUT2D eigenvalue weighted by molar-refractivity contribution is 6.73. The summed E-state index contributed by atoms with van der Waals surface area (Å²) in [6.45, 7) is 20.1. The van der Waals surface area contributed by atoms with Crippen LogP contribution < -0.4 is 0 Å². The Balaban J connectivity index is 4.91. The zero-order chi connectivity index (χ0) is 15.1. The number of rotatable bonds is 9. The first kappa shape index (κ1) is 18.9. The first-order valence-electron chi connectivity index (χ1n) is 8.03. The summed E-state index contributed by atoms with van der Waals surface area (Å²) >= 11 is 0. The Morgan fingerprint density at radius 3 is 1.89 bits per heavy atom. The Bertz CT molecular complexity index is 242. The van der Waals surface area contributed by atoms with E-state index in [1.165, 1.54) is 18.1 Å². The Morgan fingerprint density at radius 2 is 1.58 bits per heavy atom. The zero-order valence-electron chi connectivity index (χ0n) is 14.4. The molecule has 0 aliphatic heterocycles. The van der Waals surface area contributed by atoms with Crippen molar-refractivity contribution in [1.29, 1.82) is 0 Å². The smallest absolute Gasteiger partial charge is 0.192 e. The fraction of sp³-hybridized carbons (Fsp3) is 0.882. The molecule has 0 aromatic rings. The third-order valence-electron chi connectivity index (χ3n) is 4.48.